The molecule has 1 aliphatic heterocycles. The summed E-state index contributed by atoms with van der Waals surface area (Å²) < 4.78 is 59.4. The van der Waals surface area contributed by atoms with Crippen molar-refractivity contribution in [3.8, 4) is 5.69 Å². The lowest BCUT2D eigenvalue weighted by molar-refractivity contribution is -0.142. The van der Waals surface area contributed by atoms with E-state index in [2.05, 4.69) is 9.88 Å². The number of halogens is 4. The number of aromatic nitrogens is 3. The SMILES string of the molecule is O=C(C=C(O)c1cc(Cc2c(F)cc(F)cc2F)cn(Cc2cccc(F)c2)c1=O)C(=O)N1CCN(c2ccc(-n3ccnc3)cc2)CC1. The highest BCUT2D eigenvalue weighted by Crippen LogP contribution is 2.22. The van der Waals surface area contributed by atoms with Gasteiger partial charge in [0, 0.05) is 86.3 Å². The third-order valence-corrected chi connectivity index (χ3v) is 8.21. The van der Waals surface area contributed by atoms with Crippen molar-refractivity contribution in [3.63, 3.8) is 0 Å². The molecule has 250 valence electrons. The number of rotatable bonds is 9. The van der Waals surface area contributed by atoms with Gasteiger partial charge in [0.15, 0.2) is 0 Å². The number of aliphatic hydroxyl groups excluding tert-OH is 1. The Morgan fingerprint density at radius 3 is 2.18 bits per heavy atom. The van der Waals surface area contributed by atoms with Crippen LogP contribution in [-0.4, -0.2) is 62.0 Å². The van der Waals surface area contributed by atoms with Gasteiger partial charge in [-0.05, 0) is 53.6 Å². The van der Waals surface area contributed by atoms with Gasteiger partial charge in [-0.2, -0.15) is 0 Å². The van der Waals surface area contributed by atoms with Crippen molar-refractivity contribution in [3.05, 3.63) is 154 Å². The standard InChI is InChI=1S/C36H29F4N5O4/c37-25-3-1-2-23(14-25)20-45-21-24(15-29-31(39)17-26(38)18-32(29)40)16-30(35(45)48)33(46)19-34(47)36(49)43-12-10-42(11-13-43)27-4-6-28(7-5-27)44-9-8-41-22-44/h1-9,14,16-19,21-22,46H,10-13,15,20H2. The number of piperazine rings is 1. The monoisotopic (exact) mass is 671 g/mol. The highest BCUT2D eigenvalue weighted by atomic mass is 19.1. The summed E-state index contributed by atoms with van der Waals surface area (Å²) in [5, 5.41) is 11.0. The summed E-state index contributed by atoms with van der Waals surface area (Å²) in [7, 11) is 0. The number of imidazole rings is 1. The van der Waals surface area contributed by atoms with Crippen molar-refractivity contribution < 1.29 is 32.3 Å². The lowest BCUT2D eigenvalue weighted by Crippen LogP contribution is -2.50. The van der Waals surface area contributed by atoms with Gasteiger partial charge in [0.25, 0.3) is 11.5 Å². The largest absolute Gasteiger partial charge is 0.507 e. The molecule has 1 fully saturated rings. The van der Waals surface area contributed by atoms with Gasteiger partial charge in [-0.3, -0.25) is 14.4 Å². The van der Waals surface area contributed by atoms with Crippen LogP contribution in [0, 0.1) is 23.3 Å². The molecular formula is C36H29F4N5O4. The second kappa shape index (κ2) is 14.0. The first-order chi connectivity index (χ1) is 23.5. The Balaban J connectivity index is 1.20. The molecule has 0 spiro atoms. The molecule has 1 aliphatic rings. The number of aliphatic hydroxyl groups is 1. The molecule has 3 heterocycles. The van der Waals surface area contributed by atoms with E-state index in [-0.39, 0.29) is 25.2 Å². The summed E-state index contributed by atoms with van der Waals surface area (Å²) in [4.78, 5) is 47.0. The number of carbonyl (C=O) groups excluding carboxylic acids is 2. The minimum absolute atomic E-state index is 0.114. The number of ketones is 1. The van der Waals surface area contributed by atoms with Crippen molar-refractivity contribution in [2.24, 2.45) is 0 Å². The van der Waals surface area contributed by atoms with Gasteiger partial charge in [-0.15, -0.1) is 0 Å². The Hall–Kier alpha value is -5.98. The molecule has 0 bridgehead atoms. The Labute approximate surface area is 277 Å². The predicted octanol–water partition coefficient (Wildman–Crippen LogP) is 5.05. The van der Waals surface area contributed by atoms with Crippen LogP contribution in [0.1, 0.15) is 22.3 Å². The molecule has 9 nitrogen and oxygen atoms in total. The minimum Gasteiger partial charge on any atom is -0.507 e. The number of carbonyl (C=O) groups is 2. The van der Waals surface area contributed by atoms with E-state index >= 15 is 0 Å². The predicted molar refractivity (Wildman–Crippen MR) is 173 cm³/mol. The summed E-state index contributed by atoms with van der Waals surface area (Å²) in [5.74, 6) is -6.78. The van der Waals surface area contributed by atoms with E-state index in [0.717, 1.165) is 22.0 Å². The van der Waals surface area contributed by atoms with E-state index in [4.69, 9.17) is 0 Å². The Bertz CT molecular complexity index is 2080. The molecule has 0 radical (unpaired) electrons. The van der Waals surface area contributed by atoms with Gasteiger partial charge < -0.3 is 24.0 Å². The molecule has 5 aromatic rings. The first-order valence-electron chi connectivity index (χ1n) is 15.2. The molecule has 0 aliphatic carbocycles. The molecule has 0 atom stereocenters. The maximum absolute atomic E-state index is 14.5. The fourth-order valence-electron chi connectivity index (χ4n) is 5.71. The topological polar surface area (TPSA) is 101 Å². The molecule has 3 aromatic carbocycles. The molecular weight excluding hydrogens is 642 g/mol. The smallest absolute Gasteiger partial charge is 0.294 e. The number of amides is 1. The van der Waals surface area contributed by atoms with Crippen molar-refractivity contribution in [2.75, 3.05) is 31.1 Å². The number of hydrogen-bond acceptors (Lipinski definition) is 6. The van der Waals surface area contributed by atoms with Crippen LogP contribution in [0.4, 0.5) is 23.2 Å². The molecule has 1 amide bonds. The Kier molecular flexibility index (Phi) is 9.42. The van der Waals surface area contributed by atoms with E-state index in [1.165, 1.54) is 29.3 Å². The number of hydrogen-bond donors (Lipinski definition) is 1. The molecule has 6 rings (SSSR count). The Morgan fingerprint density at radius 1 is 0.837 bits per heavy atom. The van der Waals surface area contributed by atoms with Crippen LogP contribution in [0.2, 0.25) is 0 Å². The zero-order chi connectivity index (χ0) is 34.7. The van der Waals surface area contributed by atoms with Crippen molar-refractivity contribution in [1.29, 1.82) is 0 Å². The third kappa shape index (κ3) is 7.45. The number of benzene rings is 3. The van der Waals surface area contributed by atoms with E-state index < -0.39 is 63.8 Å². The van der Waals surface area contributed by atoms with E-state index in [1.54, 1.807) is 18.6 Å². The molecule has 1 saturated heterocycles. The zero-order valence-electron chi connectivity index (χ0n) is 25.9. The zero-order valence-corrected chi connectivity index (χ0v) is 25.9. The third-order valence-electron chi connectivity index (χ3n) is 8.21. The van der Waals surface area contributed by atoms with Crippen LogP contribution < -0.4 is 10.5 Å². The van der Waals surface area contributed by atoms with Gasteiger partial charge >= 0.3 is 0 Å². The molecule has 0 saturated carbocycles. The maximum Gasteiger partial charge on any atom is 0.294 e. The highest BCUT2D eigenvalue weighted by Gasteiger charge is 2.26. The second-order valence-corrected chi connectivity index (χ2v) is 11.5. The average molecular weight is 672 g/mol. The molecule has 0 unspecified atom stereocenters. The van der Waals surface area contributed by atoms with Crippen molar-refractivity contribution in [2.45, 2.75) is 13.0 Å². The van der Waals surface area contributed by atoms with Crippen LogP contribution >= 0.6 is 0 Å². The quantitative estimate of drug-likeness (QED) is 0.102. The number of nitrogens with zero attached hydrogens (tertiary/aromatic N) is 5. The lowest BCUT2D eigenvalue weighted by Gasteiger charge is -2.35. The van der Waals surface area contributed by atoms with Crippen LogP contribution in [0.3, 0.4) is 0 Å². The van der Waals surface area contributed by atoms with Crippen molar-refractivity contribution >= 4 is 23.1 Å². The van der Waals surface area contributed by atoms with Crippen LogP contribution in [0.5, 0.6) is 0 Å². The summed E-state index contributed by atoms with van der Waals surface area (Å²) in [6, 6.07) is 15.3. The van der Waals surface area contributed by atoms with Crippen molar-refractivity contribution in [1.82, 2.24) is 19.0 Å². The number of anilines is 1. The molecule has 2 aromatic heterocycles. The van der Waals surface area contributed by atoms with Gasteiger partial charge in [0.05, 0.1) is 18.4 Å². The summed E-state index contributed by atoms with van der Waals surface area (Å²) in [6.07, 6.45) is 6.66. The molecule has 49 heavy (non-hydrogen) atoms. The fourth-order valence-corrected chi connectivity index (χ4v) is 5.71. The van der Waals surface area contributed by atoms with Crippen LogP contribution in [-0.2, 0) is 22.6 Å². The van der Waals surface area contributed by atoms with E-state index in [1.807, 2.05) is 35.0 Å². The van der Waals surface area contributed by atoms with E-state index in [0.29, 0.717) is 36.9 Å². The van der Waals surface area contributed by atoms with Gasteiger partial charge in [-0.25, -0.2) is 22.5 Å². The van der Waals surface area contributed by atoms with Crippen LogP contribution in [0.15, 0.2) is 103 Å². The molecule has 1 N–H and O–H groups in total. The summed E-state index contributed by atoms with van der Waals surface area (Å²) in [6.45, 7) is 1.16. The van der Waals surface area contributed by atoms with Crippen LogP contribution in [0.25, 0.3) is 11.4 Å². The highest BCUT2D eigenvalue weighted by molar-refractivity contribution is 6.41. The maximum atomic E-state index is 14.5. The number of pyridine rings is 1. The second-order valence-electron chi connectivity index (χ2n) is 11.5. The first kappa shape index (κ1) is 32.9. The summed E-state index contributed by atoms with van der Waals surface area (Å²) in [5.41, 5.74) is 0.626. The fraction of sp³-hybridized carbons (Fsp3) is 0.167. The average Bonchev–Trinajstić information content (AvgIpc) is 3.63. The molecule has 13 heteroatoms. The Morgan fingerprint density at radius 2 is 1.53 bits per heavy atom. The first-order valence-corrected chi connectivity index (χ1v) is 15.2. The minimum atomic E-state index is -1.16. The van der Waals surface area contributed by atoms with Gasteiger partial charge in [0.2, 0.25) is 5.78 Å². The normalized spacial score (nSPS) is 13.5. The van der Waals surface area contributed by atoms with Gasteiger partial charge in [-0.1, -0.05) is 12.1 Å². The lowest BCUT2D eigenvalue weighted by atomic mass is 10.0. The van der Waals surface area contributed by atoms with Gasteiger partial charge in [0.1, 0.15) is 29.0 Å². The van der Waals surface area contributed by atoms with E-state index in [9.17, 15) is 37.1 Å². The summed E-state index contributed by atoms with van der Waals surface area (Å²) >= 11 is 0.